The minimum absolute atomic E-state index is 0.0777. The summed E-state index contributed by atoms with van der Waals surface area (Å²) in [6, 6.07) is 6.28. The van der Waals surface area contributed by atoms with Gasteiger partial charge in [0.25, 0.3) is 0 Å². The molecule has 106 valence electrons. The largest absolute Gasteiger partial charge is 0.385 e. The number of carbonyl (C=O) groups excluding carboxylic acids is 1. The molecule has 1 amide bonds. The van der Waals surface area contributed by atoms with Gasteiger partial charge in [0.05, 0.1) is 0 Å². The summed E-state index contributed by atoms with van der Waals surface area (Å²) in [7, 11) is 1.66. The van der Waals surface area contributed by atoms with Crippen LogP contribution in [-0.4, -0.2) is 32.7 Å². The van der Waals surface area contributed by atoms with E-state index >= 15 is 0 Å². The quantitative estimate of drug-likeness (QED) is 0.708. The molecular weight excluding hydrogens is 240 g/mol. The Balaban J connectivity index is 2.22. The van der Waals surface area contributed by atoms with Crippen LogP contribution in [0.25, 0.3) is 0 Å². The van der Waals surface area contributed by atoms with Crippen LogP contribution in [0.2, 0.25) is 0 Å². The van der Waals surface area contributed by atoms with Crippen molar-refractivity contribution in [3.63, 3.8) is 0 Å². The van der Waals surface area contributed by atoms with E-state index in [0.29, 0.717) is 26.1 Å². The first-order valence-electron chi connectivity index (χ1n) is 6.70. The number of amides is 1. The first kappa shape index (κ1) is 15.5. The van der Waals surface area contributed by atoms with Gasteiger partial charge in [0.1, 0.15) is 0 Å². The number of aryl methyl sites for hydroxylation is 2. The van der Waals surface area contributed by atoms with Crippen LogP contribution in [-0.2, 0) is 9.53 Å². The van der Waals surface area contributed by atoms with E-state index in [2.05, 4.69) is 42.7 Å². The summed E-state index contributed by atoms with van der Waals surface area (Å²) in [4.78, 5) is 11.6. The summed E-state index contributed by atoms with van der Waals surface area (Å²) in [5.74, 6) is 0.0777. The van der Waals surface area contributed by atoms with E-state index in [1.54, 1.807) is 7.11 Å². The zero-order chi connectivity index (χ0) is 14.1. The summed E-state index contributed by atoms with van der Waals surface area (Å²) >= 11 is 0. The van der Waals surface area contributed by atoms with Crippen LogP contribution in [0.4, 0.5) is 5.69 Å². The molecule has 0 atom stereocenters. The minimum Gasteiger partial charge on any atom is -0.385 e. The molecule has 0 radical (unpaired) electrons. The Hall–Kier alpha value is -1.55. The van der Waals surface area contributed by atoms with Crippen LogP contribution < -0.4 is 10.6 Å². The lowest BCUT2D eigenvalue weighted by Gasteiger charge is -2.10. The molecule has 2 N–H and O–H groups in total. The third-order valence-electron chi connectivity index (χ3n) is 2.91. The van der Waals surface area contributed by atoms with Crippen LogP contribution in [0.3, 0.4) is 0 Å². The number of methoxy groups -OCH3 is 1. The molecule has 0 aromatic heterocycles. The van der Waals surface area contributed by atoms with Crippen LogP contribution in [0.1, 0.15) is 24.0 Å². The summed E-state index contributed by atoms with van der Waals surface area (Å²) in [6.45, 7) is 6.14. The van der Waals surface area contributed by atoms with Gasteiger partial charge in [-0.05, 0) is 37.5 Å². The van der Waals surface area contributed by atoms with Crippen molar-refractivity contribution in [2.75, 3.05) is 32.1 Å². The Bertz CT molecular complexity index is 405. The van der Waals surface area contributed by atoms with Gasteiger partial charge in [0.2, 0.25) is 5.91 Å². The minimum atomic E-state index is 0.0777. The van der Waals surface area contributed by atoms with Gasteiger partial charge in [0.15, 0.2) is 0 Å². The fourth-order valence-electron chi connectivity index (χ4n) is 1.77. The molecular formula is C15H24N2O2. The molecule has 0 fully saturated rings. The highest BCUT2D eigenvalue weighted by molar-refractivity contribution is 5.76. The van der Waals surface area contributed by atoms with Gasteiger partial charge >= 0.3 is 0 Å². The van der Waals surface area contributed by atoms with E-state index in [9.17, 15) is 4.79 Å². The van der Waals surface area contributed by atoms with Crippen molar-refractivity contribution in [1.29, 1.82) is 0 Å². The monoisotopic (exact) mass is 264 g/mol. The summed E-state index contributed by atoms with van der Waals surface area (Å²) in [6.07, 6.45) is 1.34. The maximum Gasteiger partial charge on any atom is 0.221 e. The second kappa shape index (κ2) is 8.53. The number of ether oxygens (including phenoxy) is 1. The highest BCUT2D eigenvalue weighted by Crippen LogP contribution is 2.15. The lowest BCUT2D eigenvalue weighted by atomic mass is 10.1. The van der Waals surface area contributed by atoms with Gasteiger partial charge < -0.3 is 15.4 Å². The zero-order valence-electron chi connectivity index (χ0n) is 12.1. The highest BCUT2D eigenvalue weighted by atomic mass is 16.5. The molecule has 0 saturated heterocycles. The Morgan fingerprint density at radius 1 is 1.26 bits per heavy atom. The van der Waals surface area contributed by atoms with Gasteiger partial charge in [-0.25, -0.2) is 0 Å². The summed E-state index contributed by atoms with van der Waals surface area (Å²) in [5, 5.41) is 6.17. The van der Waals surface area contributed by atoms with Crippen molar-refractivity contribution >= 4 is 11.6 Å². The Kier molecular flexibility index (Phi) is 6.97. The first-order valence-corrected chi connectivity index (χ1v) is 6.70. The molecule has 1 rings (SSSR count). The highest BCUT2D eigenvalue weighted by Gasteiger charge is 2.02. The molecule has 4 nitrogen and oxygen atoms in total. The number of benzene rings is 1. The standard InChI is InChI=1S/C15H24N2O2/c1-12-5-6-13(2)14(11-12)16-9-7-15(18)17-8-4-10-19-3/h5-6,11,16H,4,7-10H2,1-3H3,(H,17,18). The predicted octanol–water partition coefficient (Wildman–Crippen LogP) is 2.26. The van der Waals surface area contributed by atoms with E-state index in [1.165, 1.54) is 11.1 Å². The number of rotatable bonds is 8. The van der Waals surface area contributed by atoms with E-state index in [-0.39, 0.29) is 5.91 Å². The SMILES string of the molecule is COCCCNC(=O)CCNc1cc(C)ccc1C. The normalized spacial score (nSPS) is 10.3. The summed E-state index contributed by atoms with van der Waals surface area (Å²) < 4.78 is 4.92. The van der Waals surface area contributed by atoms with E-state index in [1.807, 2.05) is 0 Å². The number of hydrogen-bond acceptors (Lipinski definition) is 3. The fraction of sp³-hybridized carbons (Fsp3) is 0.533. The molecule has 0 bridgehead atoms. The molecule has 0 aliphatic carbocycles. The molecule has 4 heteroatoms. The third kappa shape index (κ3) is 6.25. The fourth-order valence-corrected chi connectivity index (χ4v) is 1.77. The lowest BCUT2D eigenvalue weighted by molar-refractivity contribution is -0.120. The van der Waals surface area contributed by atoms with Crippen LogP contribution in [0.15, 0.2) is 18.2 Å². The van der Waals surface area contributed by atoms with Crippen molar-refractivity contribution in [3.8, 4) is 0 Å². The average molecular weight is 264 g/mol. The van der Waals surface area contributed by atoms with Crippen LogP contribution >= 0.6 is 0 Å². The predicted molar refractivity (Wildman–Crippen MR) is 78.5 cm³/mol. The number of carbonyl (C=O) groups is 1. The van der Waals surface area contributed by atoms with Gasteiger partial charge in [-0.15, -0.1) is 0 Å². The second-order valence-corrected chi connectivity index (χ2v) is 4.69. The van der Waals surface area contributed by atoms with E-state index in [4.69, 9.17) is 4.74 Å². The molecule has 0 aliphatic heterocycles. The molecule has 19 heavy (non-hydrogen) atoms. The number of hydrogen-bond donors (Lipinski definition) is 2. The molecule has 1 aromatic carbocycles. The molecule has 1 aromatic rings. The molecule has 0 spiro atoms. The summed E-state index contributed by atoms with van der Waals surface area (Å²) in [5.41, 5.74) is 3.52. The van der Waals surface area contributed by atoms with Crippen LogP contribution in [0, 0.1) is 13.8 Å². The van der Waals surface area contributed by atoms with E-state index < -0.39 is 0 Å². The lowest BCUT2D eigenvalue weighted by Crippen LogP contribution is -2.27. The Labute approximate surface area is 115 Å². The molecule has 0 saturated carbocycles. The first-order chi connectivity index (χ1) is 9.13. The maximum atomic E-state index is 11.6. The second-order valence-electron chi connectivity index (χ2n) is 4.69. The smallest absolute Gasteiger partial charge is 0.221 e. The van der Waals surface area contributed by atoms with Gasteiger partial charge in [-0.1, -0.05) is 12.1 Å². The number of nitrogens with one attached hydrogen (secondary N) is 2. The molecule has 0 unspecified atom stereocenters. The van der Waals surface area contributed by atoms with Crippen molar-refractivity contribution in [3.05, 3.63) is 29.3 Å². The Morgan fingerprint density at radius 2 is 2.05 bits per heavy atom. The van der Waals surface area contributed by atoms with Gasteiger partial charge in [-0.2, -0.15) is 0 Å². The van der Waals surface area contributed by atoms with Crippen molar-refractivity contribution in [2.45, 2.75) is 26.7 Å². The van der Waals surface area contributed by atoms with Gasteiger partial charge in [0, 0.05) is 38.9 Å². The topological polar surface area (TPSA) is 50.4 Å². The third-order valence-corrected chi connectivity index (χ3v) is 2.91. The Morgan fingerprint density at radius 3 is 2.79 bits per heavy atom. The van der Waals surface area contributed by atoms with Gasteiger partial charge in [-0.3, -0.25) is 4.79 Å². The molecule has 0 aliphatic rings. The van der Waals surface area contributed by atoms with Crippen molar-refractivity contribution in [2.24, 2.45) is 0 Å². The zero-order valence-corrected chi connectivity index (χ0v) is 12.1. The number of anilines is 1. The van der Waals surface area contributed by atoms with Crippen molar-refractivity contribution in [1.82, 2.24) is 5.32 Å². The molecule has 0 heterocycles. The van der Waals surface area contributed by atoms with Crippen LogP contribution in [0.5, 0.6) is 0 Å². The van der Waals surface area contributed by atoms with Crippen molar-refractivity contribution < 1.29 is 9.53 Å². The maximum absolute atomic E-state index is 11.6. The average Bonchev–Trinajstić information content (AvgIpc) is 2.39. The van der Waals surface area contributed by atoms with E-state index in [0.717, 1.165) is 12.1 Å².